The van der Waals surface area contributed by atoms with Crippen LogP contribution in [-0.2, 0) is 0 Å². The first-order chi connectivity index (χ1) is 8.65. The smallest absolute Gasteiger partial charge is 0.345 e. The molecule has 3 rings (SSSR count). The molecule has 2 heterocycles. The van der Waals surface area contributed by atoms with E-state index in [2.05, 4.69) is 4.98 Å². The number of thiophene rings is 1. The Morgan fingerprint density at radius 2 is 2.17 bits per heavy atom. The molecule has 1 aromatic carbocycles. The van der Waals surface area contributed by atoms with E-state index >= 15 is 0 Å². The number of rotatable bonds is 2. The molecule has 90 valence electrons. The minimum atomic E-state index is -0.897. The Balaban J connectivity index is 2.16. The Labute approximate surface area is 107 Å². The van der Waals surface area contributed by atoms with Crippen LogP contribution < -0.4 is 0 Å². The second kappa shape index (κ2) is 3.96. The van der Waals surface area contributed by atoms with Gasteiger partial charge in [0.05, 0.1) is 11.0 Å². The van der Waals surface area contributed by atoms with E-state index < -0.39 is 5.97 Å². The molecule has 0 aliphatic rings. The summed E-state index contributed by atoms with van der Waals surface area (Å²) in [4.78, 5) is 15.5. The molecule has 4 nitrogen and oxygen atoms in total. The summed E-state index contributed by atoms with van der Waals surface area (Å²) in [6, 6.07) is 9.44. The van der Waals surface area contributed by atoms with Crippen molar-refractivity contribution in [2.24, 2.45) is 0 Å². The average molecular weight is 258 g/mol. The number of fused-ring (bicyclic) bond motifs is 1. The highest BCUT2D eigenvalue weighted by Gasteiger charge is 2.10. The number of carboxylic acids is 1. The van der Waals surface area contributed by atoms with Gasteiger partial charge < -0.3 is 5.11 Å². The zero-order valence-corrected chi connectivity index (χ0v) is 10.4. The third-order valence-corrected chi connectivity index (χ3v) is 3.82. The molecule has 0 aliphatic heterocycles. The van der Waals surface area contributed by atoms with Crippen molar-refractivity contribution in [2.75, 3.05) is 0 Å². The monoisotopic (exact) mass is 258 g/mol. The molecule has 1 N–H and O–H groups in total. The van der Waals surface area contributed by atoms with E-state index in [0.717, 1.165) is 21.6 Å². The summed E-state index contributed by atoms with van der Waals surface area (Å²) < 4.78 is 1.91. The van der Waals surface area contributed by atoms with Crippen LogP contribution in [0.5, 0.6) is 0 Å². The van der Waals surface area contributed by atoms with E-state index in [4.69, 9.17) is 5.11 Å². The summed E-state index contributed by atoms with van der Waals surface area (Å²) in [5.74, 6) is -0.897. The topological polar surface area (TPSA) is 55.1 Å². The Hall–Kier alpha value is -2.14. The van der Waals surface area contributed by atoms with Gasteiger partial charge in [0.15, 0.2) is 0 Å². The Morgan fingerprint density at radius 3 is 2.89 bits per heavy atom. The van der Waals surface area contributed by atoms with Crippen molar-refractivity contribution < 1.29 is 9.90 Å². The summed E-state index contributed by atoms with van der Waals surface area (Å²) >= 11 is 1.24. The molecule has 0 fully saturated rings. The van der Waals surface area contributed by atoms with Crippen LogP contribution in [0, 0.1) is 6.92 Å². The number of aryl methyl sites for hydroxylation is 1. The number of aromatic carboxylic acids is 1. The van der Waals surface area contributed by atoms with Gasteiger partial charge in [-0.05, 0) is 36.8 Å². The number of aromatic nitrogens is 2. The lowest BCUT2D eigenvalue weighted by Gasteiger charge is -2.00. The maximum atomic E-state index is 10.9. The van der Waals surface area contributed by atoms with Gasteiger partial charge in [-0.2, -0.15) is 0 Å². The van der Waals surface area contributed by atoms with Crippen molar-refractivity contribution in [1.29, 1.82) is 0 Å². The van der Waals surface area contributed by atoms with Crippen molar-refractivity contribution in [3.8, 4) is 5.00 Å². The third kappa shape index (κ3) is 1.69. The summed E-state index contributed by atoms with van der Waals surface area (Å²) in [5.41, 5.74) is 3.06. The van der Waals surface area contributed by atoms with Crippen molar-refractivity contribution in [3.63, 3.8) is 0 Å². The normalized spacial score (nSPS) is 10.9. The van der Waals surface area contributed by atoms with Crippen molar-refractivity contribution in [1.82, 2.24) is 9.55 Å². The molecule has 0 spiro atoms. The molecule has 0 aliphatic carbocycles. The van der Waals surface area contributed by atoms with E-state index in [1.807, 2.05) is 29.7 Å². The van der Waals surface area contributed by atoms with E-state index in [1.165, 1.54) is 11.3 Å². The van der Waals surface area contributed by atoms with Crippen LogP contribution in [0.4, 0.5) is 0 Å². The lowest BCUT2D eigenvalue weighted by atomic mass is 10.2. The van der Waals surface area contributed by atoms with Gasteiger partial charge in [0.1, 0.15) is 16.2 Å². The summed E-state index contributed by atoms with van der Waals surface area (Å²) in [7, 11) is 0. The van der Waals surface area contributed by atoms with E-state index in [1.54, 1.807) is 18.5 Å². The number of hydrogen-bond acceptors (Lipinski definition) is 3. The van der Waals surface area contributed by atoms with Crippen LogP contribution in [0.3, 0.4) is 0 Å². The van der Waals surface area contributed by atoms with Crippen LogP contribution in [0.15, 0.2) is 36.7 Å². The molecule has 5 heteroatoms. The number of carboxylic acid groups (broad SMARTS) is 1. The fourth-order valence-electron chi connectivity index (χ4n) is 1.87. The lowest BCUT2D eigenvalue weighted by Crippen LogP contribution is -1.90. The fraction of sp³-hybridized carbons (Fsp3) is 0.0769. The highest BCUT2D eigenvalue weighted by molar-refractivity contribution is 7.16. The molecule has 2 aromatic heterocycles. The fourth-order valence-corrected chi connectivity index (χ4v) is 2.70. The average Bonchev–Trinajstić information content (AvgIpc) is 2.92. The number of imidazole rings is 1. The molecular formula is C13H10N2O2S. The second-order valence-corrected chi connectivity index (χ2v) is 5.11. The maximum absolute atomic E-state index is 10.9. The Kier molecular flexibility index (Phi) is 2.41. The van der Waals surface area contributed by atoms with Crippen LogP contribution in [0.2, 0.25) is 0 Å². The van der Waals surface area contributed by atoms with E-state index in [9.17, 15) is 4.79 Å². The highest BCUT2D eigenvalue weighted by Crippen LogP contribution is 2.25. The number of carbonyl (C=O) groups is 1. The molecule has 0 saturated carbocycles. The maximum Gasteiger partial charge on any atom is 0.345 e. The summed E-state index contributed by atoms with van der Waals surface area (Å²) in [6.07, 6.45) is 1.72. The molecule has 0 atom stereocenters. The van der Waals surface area contributed by atoms with Gasteiger partial charge in [0.2, 0.25) is 0 Å². The molecule has 0 amide bonds. The molecular weight excluding hydrogens is 248 g/mol. The van der Waals surface area contributed by atoms with Crippen molar-refractivity contribution in [2.45, 2.75) is 6.92 Å². The van der Waals surface area contributed by atoms with Crippen molar-refractivity contribution in [3.05, 3.63) is 47.1 Å². The van der Waals surface area contributed by atoms with E-state index in [-0.39, 0.29) is 0 Å². The molecule has 0 radical (unpaired) electrons. The zero-order valence-electron chi connectivity index (χ0n) is 9.62. The SMILES string of the molecule is Cc1ccc2c(c1)ncn2-c1ccc(C(=O)O)s1. The third-order valence-electron chi connectivity index (χ3n) is 2.74. The second-order valence-electron chi connectivity index (χ2n) is 4.05. The standard InChI is InChI=1S/C13H10N2O2S/c1-8-2-3-10-9(6-8)14-7-15(10)12-5-4-11(18-12)13(16)17/h2-7H,1H3,(H,16,17). The van der Waals surface area contributed by atoms with Gasteiger partial charge in [-0.25, -0.2) is 9.78 Å². The largest absolute Gasteiger partial charge is 0.477 e. The van der Waals surface area contributed by atoms with Gasteiger partial charge in [-0.15, -0.1) is 11.3 Å². The van der Waals surface area contributed by atoms with Crippen LogP contribution >= 0.6 is 11.3 Å². The van der Waals surface area contributed by atoms with Crippen LogP contribution in [0.1, 0.15) is 15.2 Å². The molecule has 0 saturated heterocycles. The number of benzene rings is 1. The quantitative estimate of drug-likeness (QED) is 0.768. The lowest BCUT2D eigenvalue weighted by molar-refractivity contribution is 0.0702. The van der Waals surface area contributed by atoms with Crippen LogP contribution in [-0.4, -0.2) is 20.6 Å². The molecule has 3 aromatic rings. The van der Waals surface area contributed by atoms with Gasteiger partial charge in [-0.1, -0.05) is 6.07 Å². The van der Waals surface area contributed by atoms with Gasteiger partial charge >= 0.3 is 5.97 Å². The number of hydrogen-bond donors (Lipinski definition) is 1. The minimum Gasteiger partial charge on any atom is -0.477 e. The summed E-state index contributed by atoms with van der Waals surface area (Å²) in [6.45, 7) is 2.02. The Bertz CT molecular complexity index is 742. The van der Waals surface area contributed by atoms with Crippen molar-refractivity contribution >= 4 is 28.3 Å². The van der Waals surface area contributed by atoms with Gasteiger partial charge in [0.25, 0.3) is 0 Å². The number of nitrogens with zero attached hydrogens (tertiary/aromatic N) is 2. The zero-order chi connectivity index (χ0) is 12.7. The van der Waals surface area contributed by atoms with E-state index in [0.29, 0.717) is 4.88 Å². The predicted octanol–water partition coefficient (Wildman–Crippen LogP) is 3.09. The molecule has 0 bridgehead atoms. The summed E-state index contributed by atoms with van der Waals surface area (Å²) in [5, 5.41) is 9.79. The highest BCUT2D eigenvalue weighted by atomic mass is 32.1. The Morgan fingerprint density at radius 1 is 1.33 bits per heavy atom. The molecule has 0 unspecified atom stereocenters. The first-order valence-corrected chi connectivity index (χ1v) is 6.24. The molecule has 18 heavy (non-hydrogen) atoms. The van der Waals surface area contributed by atoms with Gasteiger partial charge in [0, 0.05) is 0 Å². The van der Waals surface area contributed by atoms with Gasteiger partial charge in [-0.3, -0.25) is 4.57 Å². The minimum absolute atomic E-state index is 0.332. The first kappa shape index (κ1) is 11.0. The predicted molar refractivity (Wildman–Crippen MR) is 70.6 cm³/mol. The first-order valence-electron chi connectivity index (χ1n) is 5.42. The van der Waals surface area contributed by atoms with Crippen LogP contribution in [0.25, 0.3) is 16.0 Å².